The Morgan fingerprint density at radius 2 is 1.82 bits per heavy atom. The second-order valence-electron chi connectivity index (χ2n) is 5.80. The number of carbonyl (C=O) groups is 2. The van der Waals surface area contributed by atoms with E-state index >= 15 is 0 Å². The second kappa shape index (κ2) is 5.94. The van der Waals surface area contributed by atoms with Crippen LogP contribution in [0.5, 0.6) is 0 Å². The van der Waals surface area contributed by atoms with E-state index < -0.39 is 17.8 Å². The van der Waals surface area contributed by atoms with Gasteiger partial charge < -0.3 is 10.4 Å². The number of rotatable bonds is 4. The highest BCUT2D eigenvalue weighted by molar-refractivity contribution is 6.42. The van der Waals surface area contributed by atoms with Crippen molar-refractivity contribution in [2.75, 3.05) is 0 Å². The number of hydrogen-bond donors (Lipinski definition) is 2. The van der Waals surface area contributed by atoms with Crippen LogP contribution in [-0.2, 0) is 16.1 Å². The smallest absolute Gasteiger partial charge is 0.307 e. The second-order valence-corrected chi connectivity index (χ2v) is 6.62. The van der Waals surface area contributed by atoms with E-state index in [2.05, 4.69) is 5.32 Å². The van der Waals surface area contributed by atoms with Crippen molar-refractivity contribution in [2.24, 2.45) is 23.7 Å². The Bertz CT molecular complexity index is 659. The van der Waals surface area contributed by atoms with Crippen molar-refractivity contribution >= 4 is 35.1 Å². The van der Waals surface area contributed by atoms with Crippen LogP contribution in [-0.4, -0.2) is 17.0 Å². The van der Waals surface area contributed by atoms with E-state index in [1.807, 2.05) is 12.2 Å². The van der Waals surface area contributed by atoms with Gasteiger partial charge in [0.15, 0.2) is 0 Å². The molecule has 1 fully saturated rings. The molecule has 0 aliphatic heterocycles. The lowest BCUT2D eigenvalue weighted by molar-refractivity contribution is -0.147. The molecule has 0 heterocycles. The number of carboxylic acid groups (broad SMARTS) is 1. The molecule has 2 N–H and O–H groups in total. The SMILES string of the molecule is O=C(O)[C@@H]1[C@H](C(=O)NCc2ccc(Cl)c(Cl)c2)[C@@H]2C=C[C@H]1C2. The highest BCUT2D eigenvalue weighted by atomic mass is 35.5. The molecule has 2 bridgehead atoms. The summed E-state index contributed by atoms with van der Waals surface area (Å²) in [6, 6.07) is 5.15. The minimum atomic E-state index is -0.897. The molecule has 0 saturated heterocycles. The summed E-state index contributed by atoms with van der Waals surface area (Å²) in [4.78, 5) is 23.8. The molecule has 22 heavy (non-hydrogen) atoms. The first-order valence-corrected chi connectivity index (χ1v) is 7.85. The molecule has 4 nitrogen and oxygen atoms in total. The van der Waals surface area contributed by atoms with Gasteiger partial charge in [-0.25, -0.2) is 0 Å². The fourth-order valence-corrected chi connectivity index (χ4v) is 3.79. The highest BCUT2D eigenvalue weighted by Crippen LogP contribution is 2.48. The lowest BCUT2D eigenvalue weighted by atomic mass is 9.82. The summed E-state index contributed by atoms with van der Waals surface area (Å²) in [7, 11) is 0. The van der Waals surface area contributed by atoms with Crippen molar-refractivity contribution in [3.05, 3.63) is 46.0 Å². The molecule has 1 aromatic rings. The Morgan fingerprint density at radius 1 is 1.14 bits per heavy atom. The first kappa shape index (κ1) is 15.4. The average Bonchev–Trinajstić information content (AvgIpc) is 3.08. The quantitative estimate of drug-likeness (QED) is 0.828. The number of halogens is 2. The molecular formula is C16H15Cl2NO3. The maximum atomic E-state index is 12.4. The van der Waals surface area contributed by atoms with Crippen LogP contribution in [0.3, 0.4) is 0 Å². The number of aliphatic carboxylic acids is 1. The lowest BCUT2D eigenvalue weighted by Crippen LogP contribution is -2.39. The van der Waals surface area contributed by atoms with Gasteiger partial charge in [-0.2, -0.15) is 0 Å². The van der Waals surface area contributed by atoms with Crippen LogP contribution >= 0.6 is 23.2 Å². The molecule has 1 amide bonds. The molecular weight excluding hydrogens is 325 g/mol. The van der Waals surface area contributed by atoms with Gasteiger partial charge in [-0.05, 0) is 36.0 Å². The minimum absolute atomic E-state index is 0.0248. The van der Waals surface area contributed by atoms with E-state index in [1.54, 1.807) is 18.2 Å². The van der Waals surface area contributed by atoms with Crippen molar-refractivity contribution in [1.82, 2.24) is 5.32 Å². The normalized spacial score (nSPS) is 28.8. The van der Waals surface area contributed by atoms with E-state index in [4.69, 9.17) is 23.2 Å². The molecule has 116 valence electrons. The van der Waals surface area contributed by atoms with Gasteiger partial charge in [-0.1, -0.05) is 41.4 Å². The minimum Gasteiger partial charge on any atom is -0.481 e. The third-order valence-corrected chi connectivity index (χ3v) is 5.24. The summed E-state index contributed by atoms with van der Waals surface area (Å²) < 4.78 is 0. The van der Waals surface area contributed by atoms with Crippen molar-refractivity contribution in [1.29, 1.82) is 0 Å². The number of nitrogens with one attached hydrogen (secondary N) is 1. The number of allylic oxidation sites excluding steroid dienone is 2. The Hall–Kier alpha value is -1.52. The molecule has 0 radical (unpaired) electrons. The van der Waals surface area contributed by atoms with Crippen molar-refractivity contribution < 1.29 is 14.7 Å². The van der Waals surface area contributed by atoms with E-state index in [0.717, 1.165) is 12.0 Å². The van der Waals surface area contributed by atoms with E-state index in [0.29, 0.717) is 16.6 Å². The van der Waals surface area contributed by atoms with Crippen LogP contribution in [0.1, 0.15) is 12.0 Å². The van der Waals surface area contributed by atoms with Gasteiger partial charge in [0, 0.05) is 6.54 Å². The Balaban J connectivity index is 1.68. The maximum Gasteiger partial charge on any atom is 0.307 e. The molecule has 2 aliphatic carbocycles. The van der Waals surface area contributed by atoms with E-state index in [9.17, 15) is 14.7 Å². The predicted octanol–water partition coefficient (Wildman–Crippen LogP) is 3.13. The molecule has 0 spiro atoms. The van der Waals surface area contributed by atoms with Gasteiger partial charge in [-0.15, -0.1) is 0 Å². The number of fused-ring (bicyclic) bond motifs is 2. The maximum absolute atomic E-state index is 12.4. The molecule has 1 aromatic carbocycles. The summed E-state index contributed by atoms with van der Waals surface area (Å²) in [6.45, 7) is 0.305. The number of benzene rings is 1. The standard InChI is InChI=1S/C16H15Cl2NO3/c17-11-4-1-8(5-12(11)18)7-19-15(20)13-9-2-3-10(6-9)14(13)16(21)22/h1-5,9-10,13-14H,6-7H2,(H,19,20)(H,21,22)/t9-,10+,13-,14+/m1/s1. The summed E-state index contributed by atoms with van der Waals surface area (Å²) in [5.41, 5.74) is 0.827. The highest BCUT2D eigenvalue weighted by Gasteiger charge is 2.51. The van der Waals surface area contributed by atoms with Crippen LogP contribution in [0, 0.1) is 23.7 Å². The van der Waals surface area contributed by atoms with Crippen LogP contribution in [0.25, 0.3) is 0 Å². The summed E-state index contributed by atoms with van der Waals surface area (Å²) in [5.74, 6) is -2.22. The molecule has 2 aliphatic rings. The Morgan fingerprint density at radius 3 is 2.45 bits per heavy atom. The van der Waals surface area contributed by atoms with E-state index in [-0.39, 0.29) is 17.7 Å². The van der Waals surface area contributed by atoms with Gasteiger partial charge in [-0.3, -0.25) is 9.59 Å². The van der Waals surface area contributed by atoms with Gasteiger partial charge >= 0.3 is 5.97 Å². The fraction of sp³-hybridized carbons (Fsp3) is 0.375. The van der Waals surface area contributed by atoms with Gasteiger partial charge in [0.2, 0.25) is 5.91 Å². The molecule has 6 heteroatoms. The topological polar surface area (TPSA) is 66.4 Å². The summed E-state index contributed by atoms with van der Waals surface area (Å²) in [5, 5.41) is 13.1. The molecule has 4 atom stereocenters. The van der Waals surface area contributed by atoms with E-state index in [1.165, 1.54) is 0 Å². The molecule has 1 saturated carbocycles. The first-order valence-electron chi connectivity index (χ1n) is 7.10. The van der Waals surface area contributed by atoms with Gasteiger partial charge in [0.1, 0.15) is 0 Å². The van der Waals surface area contributed by atoms with Crippen LogP contribution in [0.4, 0.5) is 0 Å². The third kappa shape index (κ3) is 2.73. The number of carboxylic acids is 1. The van der Waals surface area contributed by atoms with Crippen LogP contribution in [0.15, 0.2) is 30.4 Å². The predicted molar refractivity (Wildman–Crippen MR) is 83.7 cm³/mol. The fourth-order valence-electron chi connectivity index (χ4n) is 3.47. The van der Waals surface area contributed by atoms with Crippen LogP contribution in [0.2, 0.25) is 10.0 Å². The number of hydrogen-bond acceptors (Lipinski definition) is 2. The third-order valence-electron chi connectivity index (χ3n) is 4.50. The average molecular weight is 340 g/mol. The lowest BCUT2D eigenvalue weighted by Gasteiger charge is -2.23. The largest absolute Gasteiger partial charge is 0.481 e. The van der Waals surface area contributed by atoms with Gasteiger partial charge in [0.25, 0.3) is 0 Å². The zero-order valence-corrected chi connectivity index (χ0v) is 13.1. The van der Waals surface area contributed by atoms with Gasteiger partial charge in [0.05, 0.1) is 21.9 Å². The molecule has 3 rings (SSSR count). The number of carbonyl (C=O) groups excluding carboxylic acids is 1. The molecule has 0 unspecified atom stereocenters. The molecule has 0 aromatic heterocycles. The number of amides is 1. The van der Waals surface area contributed by atoms with Crippen molar-refractivity contribution in [3.8, 4) is 0 Å². The van der Waals surface area contributed by atoms with Crippen LogP contribution < -0.4 is 5.32 Å². The monoisotopic (exact) mass is 339 g/mol. The zero-order valence-electron chi connectivity index (χ0n) is 11.6. The zero-order chi connectivity index (χ0) is 15.9. The summed E-state index contributed by atoms with van der Waals surface area (Å²) >= 11 is 11.8. The summed E-state index contributed by atoms with van der Waals surface area (Å²) in [6.07, 6.45) is 4.64. The first-order chi connectivity index (χ1) is 10.5. The Kier molecular flexibility index (Phi) is 4.15. The Labute approximate surface area is 138 Å². The van der Waals surface area contributed by atoms with Crippen molar-refractivity contribution in [2.45, 2.75) is 13.0 Å². The van der Waals surface area contributed by atoms with Crippen molar-refractivity contribution in [3.63, 3.8) is 0 Å².